The van der Waals surface area contributed by atoms with Gasteiger partial charge in [-0.15, -0.1) is 0 Å². The van der Waals surface area contributed by atoms with Gasteiger partial charge in [-0.05, 0) is 75.3 Å². The van der Waals surface area contributed by atoms with Crippen LogP contribution in [0.15, 0.2) is 72.9 Å². The van der Waals surface area contributed by atoms with Gasteiger partial charge in [0.1, 0.15) is 0 Å². The molecule has 5 rings (SSSR count). The second-order valence-electron chi connectivity index (χ2n) is 12.4. The minimum Gasteiger partial charge on any atom is -0.493 e. The fourth-order valence-electron chi connectivity index (χ4n) is 6.31. The van der Waals surface area contributed by atoms with Crippen molar-refractivity contribution in [2.45, 2.75) is 84.1 Å². The number of nitrogens with one attached hydrogen (secondary N) is 1. The number of nitrogens with zero attached hydrogens (tertiary/aromatic N) is 2. The first-order valence-corrected chi connectivity index (χ1v) is 16.8. The minimum absolute atomic E-state index is 0.0792. The zero-order valence-electron chi connectivity index (χ0n) is 27.5. The number of carbonyl (C=O) groups excluding carboxylic acids is 2. The first-order valence-electron chi connectivity index (χ1n) is 16.8. The molecule has 0 radical (unpaired) electrons. The maximum atomic E-state index is 12.7. The molecule has 1 atom stereocenters. The maximum Gasteiger partial charge on any atom is 0.261 e. The number of rotatable bonds is 18. The van der Waals surface area contributed by atoms with Crippen molar-refractivity contribution in [3.05, 3.63) is 95.2 Å². The quantitative estimate of drug-likeness (QED) is 0.0884. The molecule has 1 N–H and O–H groups in total. The number of imide groups is 1. The molecule has 7 heteroatoms. The third-order valence-corrected chi connectivity index (χ3v) is 8.86. The third kappa shape index (κ3) is 8.06. The van der Waals surface area contributed by atoms with Crippen molar-refractivity contribution in [3.8, 4) is 11.5 Å². The predicted molar refractivity (Wildman–Crippen MR) is 185 cm³/mol. The lowest BCUT2D eigenvalue weighted by molar-refractivity contribution is 0.0651. The number of benzene rings is 3. The zero-order chi connectivity index (χ0) is 32.3. The number of aromatic nitrogens is 1. The number of pyridine rings is 1. The van der Waals surface area contributed by atoms with E-state index >= 15 is 0 Å². The summed E-state index contributed by atoms with van der Waals surface area (Å²) in [6, 6.07) is 21.8. The van der Waals surface area contributed by atoms with E-state index in [0.29, 0.717) is 36.4 Å². The van der Waals surface area contributed by atoms with E-state index in [4.69, 9.17) is 14.5 Å². The number of hydrogen-bond acceptors (Lipinski definition) is 6. The molecular formula is C39H47N3O4. The van der Waals surface area contributed by atoms with Gasteiger partial charge in [0, 0.05) is 24.8 Å². The molecular weight excluding hydrogens is 574 g/mol. The van der Waals surface area contributed by atoms with E-state index in [1.807, 2.05) is 18.3 Å². The molecule has 0 saturated heterocycles. The third-order valence-electron chi connectivity index (χ3n) is 8.86. The van der Waals surface area contributed by atoms with Crippen LogP contribution in [0.2, 0.25) is 0 Å². The van der Waals surface area contributed by atoms with Crippen molar-refractivity contribution >= 4 is 28.4 Å². The van der Waals surface area contributed by atoms with E-state index in [1.165, 1.54) is 49.0 Å². The van der Waals surface area contributed by atoms with E-state index in [9.17, 15) is 9.59 Å². The van der Waals surface area contributed by atoms with Crippen molar-refractivity contribution in [2.75, 3.05) is 25.6 Å². The molecule has 0 spiro atoms. The van der Waals surface area contributed by atoms with Crippen molar-refractivity contribution < 1.29 is 19.1 Å². The molecule has 1 aliphatic heterocycles. The SMILES string of the molecule is COc1cc(NC(C)CCCN2C(=O)c3ccccc3C2=O)c2nccc(C)c2c1OCCCCCCCCCc1ccccc1. The van der Waals surface area contributed by atoms with E-state index in [2.05, 4.69) is 49.5 Å². The van der Waals surface area contributed by atoms with Crippen LogP contribution in [-0.2, 0) is 6.42 Å². The highest BCUT2D eigenvalue weighted by Gasteiger charge is 2.34. The second kappa shape index (κ2) is 16.3. The summed E-state index contributed by atoms with van der Waals surface area (Å²) in [5, 5.41) is 4.57. The number of methoxy groups -OCH3 is 1. The lowest BCUT2D eigenvalue weighted by atomic mass is 10.0. The van der Waals surface area contributed by atoms with Gasteiger partial charge in [-0.2, -0.15) is 0 Å². The van der Waals surface area contributed by atoms with Crippen LogP contribution in [-0.4, -0.2) is 48.0 Å². The summed E-state index contributed by atoms with van der Waals surface area (Å²) in [6.07, 6.45) is 12.9. The molecule has 7 nitrogen and oxygen atoms in total. The fourth-order valence-corrected chi connectivity index (χ4v) is 6.31. The topological polar surface area (TPSA) is 80.8 Å². The number of ether oxygens (including phenoxy) is 2. The number of aryl methyl sites for hydroxylation is 2. The van der Waals surface area contributed by atoms with Crippen molar-refractivity contribution in [2.24, 2.45) is 0 Å². The van der Waals surface area contributed by atoms with Crippen LogP contribution in [0, 0.1) is 6.92 Å². The molecule has 0 saturated carbocycles. The lowest BCUT2D eigenvalue weighted by Gasteiger charge is -2.21. The monoisotopic (exact) mass is 621 g/mol. The summed E-state index contributed by atoms with van der Waals surface area (Å²) in [4.78, 5) is 31.5. The van der Waals surface area contributed by atoms with Gasteiger partial charge in [-0.25, -0.2) is 0 Å². The van der Waals surface area contributed by atoms with Gasteiger partial charge < -0.3 is 14.8 Å². The largest absolute Gasteiger partial charge is 0.493 e. The summed E-state index contributed by atoms with van der Waals surface area (Å²) in [5.74, 6) is 1.01. The average molecular weight is 622 g/mol. The molecule has 0 aliphatic carbocycles. The predicted octanol–water partition coefficient (Wildman–Crippen LogP) is 8.78. The number of amides is 2. The average Bonchev–Trinajstić information content (AvgIpc) is 3.31. The fraction of sp³-hybridized carbons (Fsp3) is 0.410. The van der Waals surface area contributed by atoms with Gasteiger partial charge in [0.25, 0.3) is 11.8 Å². The summed E-state index contributed by atoms with van der Waals surface area (Å²) >= 11 is 0. The Morgan fingerprint density at radius 3 is 2.17 bits per heavy atom. The summed E-state index contributed by atoms with van der Waals surface area (Å²) < 4.78 is 12.2. The summed E-state index contributed by atoms with van der Waals surface area (Å²) in [6.45, 7) is 5.20. The van der Waals surface area contributed by atoms with E-state index in [0.717, 1.165) is 47.2 Å². The molecule has 2 heterocycles. The highest BCUT2D eigenvalue weighted by Crippen LogP contribution is 2.41. The highest BCUT2D eigenvalue weighted by molar-refractivity contribution is 6.21. The van der Waals surface area contributed by atoms with Gasteiger partial charge in [0.15, 0.2) is 11.5 Å². The van der Waals surface area contributed by atoms with Crippen LogP contribution in [0.1, 0.15) is 96.6 Å². The number of fused-ring (bicyclic) bond motifs is 2. The molecule has 1 aliphatic rings. The number of carbonyl (C=O) groups is 2. The Hall–Kier alpha value is -4.39. The van der Waals surface area contributed by atoms with Crippen molar-refractivity contribution in [3.63, 3.8) is 0 Å². The zero-order valence-corrected chi connectivity index (χ0v) is 27.5. The van der Waals surface area contributed by atoms with Crippen LogP contribution >= 0.6 is 0 Å². The van der Waals surface area contributed by atoms with Crippen LogP contribution in [0.25, 0.3) is 10.9 Å². The Morgan fingerprint density at radius 1 is 0.826 bits per heavy atom. The Balaban J connectivity index is 1.10. The second-order valence-corrected chi connectivity index (χ2v) is 12.4. The van der Waals surface area contributed by atoms with Crippen LogP contribution in [0.5, 0.6) is 11.5 Å². The Kier molecular flexibility index (Phi) is 11.7. The van der Waals surface area contributed by atoms with Crippen LogP contribution in [0.4, 0.5) is 5.69 Å². The Morgan fingerprint density at radius 2 is 1.48 bits per heavy atom. The van der Waals surface area contributed by atoms with Gasteiger partial charge in [0.2, 0.25) is 0 Å². The first kappa shape index (κ1) is 33.0. The Bertz CT molecular complexity index is 1590. The Labute approximate surface area is 273 Å². The van der Waals surface area contributed by atoms with Crippen molar-refractivity contribution in [1.82, 2.24) is 9.88 Å². The van der Waals surface area contributed by atoms with Crippen molar-refractivity contribution in [1.29, 1.82) is 0 Å². The molecule has 2 amide bonds. The molecule has 46 heavy (non-hydrogen) atoms. The van der Waals surface area contributed by atoms with Gasteiger partial charge in [-0.1, -0.05) is 74.6 Å². The normalized spacial score (nSPS) is 13.2. The minimum atomic E-state index is -0.207. The van der Waals surface area contributed by atoms with Gasteiger partial charge in [0.05, 0.1) is 41.4 Å². The molecule has 1 unspecified atom stereocenters. The molecule has 3 aromatic carbocycles. The molecule has 1 aromatic heterocycles. The van der Waals surface area contributed by atoms with E-state index in [-0.39, 0.29) is 17.9 Å². The summed E-state index contributed by atoms with van der Waals surface area (Å²) in [5.41, 5.74) is 5.22. The first-order chi connectivity index (χ1) is 22.5. The van der Waals surface area contributed by atoms with Crippen LogP contribution < -0.4 is 14.8 Å². The van der Waals surface area contributed by atoms with E-state index in [1.54, 1.807) is 31.4 Å². The maximum absolute atomic E-state index is 12.7. The van der Waals surface area contributed by atoms with Gasteiger partial charge >= 0.3 is 0 Å². The van der Waals surface area contributed by atoms with Crippen LogP contribution in [0.3, 0.4) is 0 Å². The number of anilines is 1. The highest BCUT2D eigenvalue weighted by atomic mass is 16.5. The lowest BCUT2D eigenvalue weighted by Crippen LogP contribution is -2.31. The molecule has 0 bridgehead atoms. The number of unbranched alkanes of at least 4 members (excludes halogenated alkanes) is 6. The standard InChI is InChI=1S/C39H47N3O4/c1-28-23-24-40-36-33(41-29(2)17-16-25-42-38(43)31-21-13-14-22-32(31)39(42)44)27-34(45-3)37(35(28)36)46-26-15-8-6-4-5-7-10-18-30-19-11-9-12-20-30/h9,11-14,19-24,27,29,41H,4-8,10,15-18,25-26H2,1-3H3. The summed E-state index contributed by atoms with van der Waals surface area (Å²) in [7, 11) is 1.67. The molecule has 4 aromatic rings. The smallest absolute Gasteiger partial charge is 0.261 e. The molecule has 242 valence electrons. The number of hydrogen-bond donors (Lipinski definition) is 1. The molecule has 0 fully saturated rings. The van der Waals surface area contributed by atoms with E-state index < -0.39 is 0 Å². The van der Waals surface area contributed by atoms with Gasteiger partial charge in [-0.3, -0.25) is 19.5 Å².